The van der Waals surface area contributed by atoms with Crippen LogP contribution in [0.15, 0.2) is 98.2 Å². The zero-order valence-electron chi connectivity index (χ0n) is 24.2. The lowest BCUT2D eigenvalue weighted by Crippen LogP contribution is -2.38. The van der Waals surface area contributed by atoms with E-state index >= 15 is 0 Å². The predicted octanol–water partition coefficient (Wildman–Crippen LogP) is 6.80. The summed E-state index contributed by atoms with van der Waals surface area (Å²) in [4.78, 5) is 11.4. The lowest BCUT2D eigenvalue weighted by Gasteiger charge is -2.29. The zero-order valence-corrected chi connectivity index (χ0v) is 24.2. The standard InChI is InChI=1S/C26H31N7.C2H6.2C2H4/c1-18(30-22-6-7-24(27-3)29-16-22)25-23-13-20(8-9-26(23,2)32-31-25)21-12-19(14-28-15-21)17-33-10-4-5-11-33;3*1-2/h6-8,12-16,30,32H,1,4-5,9-11,17H2,2-3H3,(H,27,29);1-2H3;2*1-2H2. The molecule has 0 bridgehead atoms. The van der Waals surface area contributed by atoms with Gasteiger partial charge in [0.25, 0.3) is 0 Å². The van der Waals surface area contributed by atoms with Gasteiger partial charge in [-0.15, -0.1) is 26.3 Å². The maximum absolute atomic E-state index is 4.64. The van der Waals surface area contributed by atoms with E-state index < -0.39 is 0 Å². The highest BCUT2D eigenvalue weighted by atomic mass is 15.4. The second kappa shape index (κ2) is 15.4. The van der Waals surface area contributed by atoms with E-state index in [9.17, 15) is 0 Å². The number of allylic oxidation sites excluding steroid dienone is 3. The molecule has 0 radical (unpaired) electrons. The minimum Gasteiger partial charge on any atom is -0.373 e. The molecule has 1 saturated heterocycles. The molecule has 3 aliphatic rings. The molecule has 0 spiro atoms. The molecule has 4 heterocycles. The van der Waals surface area contributed by atoms with Gasteiger partial charge in [0.15, 0.2) is 0 Å². The Labute approximate surface area is 235 Å². The van der Waals surface area contributed by atoms with Crippen molar-refractivity contribution in [3.8, 4) is 0 Å². The van der Waals surface area contributed by atoms with E-state index in [0.717, 1.165) is 47.0 Å². The lowest BCUT2D eigenvalue weighted by atomic mass is 9.80. The summed E-state index contributed by atoms with van der Waals surface area (Å²) in [6, 6.07) is 6.18. The largest absolute Gasteiger partial charge is 0.373 e. The van der Waals surface area contributed by atoms with E-state index in [0.29, 0.717) is 0 Å². The van der Waals surface area contributed by atoms with Crippen LogP contribution in [0.1, 0.15) is 51.2 Å². The lowest BCUT2D eigenvalue weighted by molar-refractivity contribution is 0.331. The number of fused-ring (bicyclic) bond motifs is 1. The Bertz CT molecular complexity index is 1170. The topological polar surface area (TPSA) is 77.5 Å². The summed E-state index contributed by atoms with van der Waals surface area (Å²) < 4.78 is 0. The first-order chi connectivity index (χ1) is 19.0. The van der Waals surface area contributed by atoms with Crippen LogP contribution in [0.5, 0.6) is 0 Å². The molecular weight excluding hydrogens is 482 g/mol. The molecular formula is C32H45N7. The third kappa shape index (κ3) is 7.77. The van der Waals surface area contributed by atoms with E-state index in [1.807, 2.05) is 45.4 Å². The number of nitrogens with one attached hydrogen (secondary N) is 3. The number of rotatable bonds is 7. The number of likely N-dealkylation sites (tertiary alicyclic amines) is 1. The van der Waals surface area contributed by atoms with Crippen LogP contribution in [0.4, 0.5) is 11.5 Å². The Morgan fingerprint density at radius 1 is 1.08 bits per heavy atom. The predicted molar refractivity (Wildman–Crippen MR) is 169 cm³/mol. The van der Waals surface area contributed by atoms with Gasteiger partial charge in [-0.3, -0.25) is 15.3 Å². The molecule has 0 saturated carbocycles. The van der Waals surface area contributed by atoms with Crippen molar-refractivity contribution in [2.75, 3.05) is 30.8 Å². The van der Waals surface area contributed by atoms with Gasteiger partial charge >= 0.3 is 0 Å². The SMILES string of the molecule is C=C.C=C.C=C(Nc1ccc(NC)nc1)C1=NNC2(C)CC=C(c3cncc(CN4CCCC4)c3)C=C12.CC. The number of pyridine rings is 2. The van der Waals surface area contributed by atoms with Gasteiger partial charge in [-0.05, 0) is 74.7 Å². The van der Waals surface area contributed by atoms with Crippen molar-refractivity contribution < 1.29 is 0 Å². The smallest absolute Gasteiger partial charge is 0.125 e. The quantitative estimate of drug-likeness (QED) is 0.344. The minimum atomic E-state index is -0.238. The number of hydrazone groups is 1. The molecule has 0 amide bonds. The summed E-state index contributed by atoms with van der Waals surface area (Å²) in [7, 11) is 1.85. The first kappa shape index (κ1) is 31.2. The highest BCUT2D eigenvalue weighted by Gasteiger charge is 2.39. The van der Waals surface area contributed by atoms with E-state index in [1.54, 1.807) is 6.20 Å². The molecule has 7 heteroatoms. The minimum absolute atomic E-state index is 0.238. The van der Waals surface area contributed by atoms with Crippen LogP contribution in [0.25, 0.3) is 5.57 Å². The molecule has 5 rings (SSSR count). The molecule has 2 aliphatic heterocycles. The molecule has 1 aliphatic carbocycles. The van der Waals surface area contributed by atoms with E-state index in [-0.39, 0.29) is 5.54 Å². The van der Waals surface area contributed by atoms with Crippen LogP contribution in [0.2, 0.25) is 0 Å². The molecule has 1 unspecified atom stereocenters. The Hall–Kier alpha value is -3.97. The summed E-state index contributed by atoms with van der Waals surface area (Å²) in [6.45, 7) is 25.8. The van der Waals surface area contributed by atoms with Gasteiger partial charge < -0.3 is 10.6 Å². The van der Waals surface area contributed by atoms with Gasteiger partial charge in [0.05, 0.1) is 23.1 Å². The van der Waals surface area contributed by atoms with Crippen LogP contribution in [0, 0.1) is 0 Å². The highest BCUT2D eigenvalue weighted by molar-refractivity contribution is 6.17. The second-order valence-corrected chi connectivity index (χ2v) is 9.18. The molecule has 208 valence electrons. The van der Waals surface area contributed by atoms with Gasteiger partial charge in [-0.25, -0.2) is 4.98 Å². The molecule has 2 aromatic heterocycles. The molecule has 39 heavy (non-hydrogen) atoms. The third-order valence-corrected chi connectivity index (χ3v) is 6.63. The summed E-state index contributed by atoms with van der Waals surface area (Å²) in [6.07, 6.45) is 13.7. The first-order valence-corrected chi connectivity index (χ1v) is 13.6. The van der Waals surface area contributed by atoms with Gasteiger partial charge in [0.2, 0.25) is 0 Å². The van der Waals surface area contributed by atoms with Crippen molar-refractivity contribution in [2.24, 2.45) is 5.10 Å². The first-order valence-electron chi connectivity index (χ1n) is 13.6. The van der Waals surface area contributed by atoms with Crippen molar-refractivity contribution in [2.45, 2.75) is 52.1 Å². The molecule has 0 aromatic carbocycles. The Balaban J connectivity index is 0.000000833. The molecule has 1 atom stereocenters. The van der Waals surface area contributed by atoms with Crippen molar-refractivity contribution in [1.82, 2.24) is 20.3 Å². The average Bonchev–Trinajstić information content (AvgIpc) is 3.63. The van der Waals surface area contributed by atoms with Crippen molar-refractivity contribution in [3.63, 3.8) is 0 Å². The van der Waals surface area contributed by atoms with Crippen molar-refractivity contribution in [3.05, 3.63) is 104 Å². The normalized spacial score (nSPS) is 19.0. The van der Waals surface area contributed by atoms with Crippen molar-refractivity contribution in [1.29, 1.82) is 0 Å². The number of nitrogens with zero attached hydrogens (tertiary/aromatic N) is 4. The molecule has 2 aromatic rings. The highest BCUT2D eigenvalue weighted by Crippen LogP contribution is 2.37. The fraction of sp³-hybridized carbons (Fsp3) is 0.344. The fourth-order valence-electron chi connectivity index (χ4n) is 4.68. The monoisotopic (exact) mass is 527 g/mol. The fourth-order valence-corrected chi connectivity index (χ4v) is 4.68. The van der Waals surface area contributed by atoms with E-state index in [4.69, 9.17) is 0 Å². The van der Waals surface area contributed by atoms with E-state index in [2.05, 4.69) is 94.1 Å². The number of hydrogen-bond donors (Lipinski definition) is 3. The summed E-state index contributed by atoms with van der Waals surface area (Å²) >= 11 is 0. The van der Waals surface area contributed by atoms with Crippen LogP contribution < -0.4 is 16.1 Å². The van der Waals surface area contributed by atoms with Gasteiger partial charge in [-0.2, -0.15) is 5.10 Å². The second-order valence-electron chi connectivity index (χ2n) is 9.18. The van der Waals surface area contributed by atoms with Crippen LogP contribution in [0.3, 0.4) is 0 Å². The van der Waals surface area contributed by atoms with Gasteiger partial charge in [-0.1, -0.05) is 26.5 Å². The van der Waals surface area contributed by atoms with Crippen LogP contribution in [-0.4, -0.2) is 46.3 Å². The average molecular weight is 528 g/mol. The zero-order chi connectivity index (χ0) is 28.8. The van der Waals surface area contributed by atoms with E-state index in [1.165, 1.54) is 37.1 Å². The van der Waals surface area contributed by atoms with Crippen LogP contribution in [-0.2, 0) is 6.54 Å². The molecule has 1 fully saturated rings. The Morgan fingerprint density at radius 3 is 2.44 bits per heavy atom. The maximum Gasteiger partial charge on any atom is 0.125 e. The number of hydrogen-bond acceptors (Lipinski definition) is 7. The van der Waals surface area contributed by atoms with Gasteiger partial charge in [0.1, 0.15) is 11.5 Å². The molecule has 7 nitrogen and oxygen atoms in total. The molecule has 3 N–H and O–H groups in total. The van der Waals surface area contributed by atoms with Crippen LogP contribution >= 0.6 is 0 Å². The third-order valence-electron chi connectivity index (χ3n) is 6.63. The number of aromatic nitrogens is 2. The summed E-state index contributed by atoms with van der Waals surface area (Å²) in [5.74, 6) is 0.823. The summed E-state index contributed by atoms with van der Waals surface area (Å²) in [5, 5.41) is 11.0. The summed E-state index contributed by atoms with van der Waals surface area (Å²) in [5.41, 5.74) is 10.3. The Morgan fingerprint density at radius 2 is 1.79 bits per heavy atom. The van der Waals surface area contributed by atoms with Gasteiger partial charge in [0, 0.05) is 37.1 Å². The van der Waals surface area contributed by atoms with Crippen molar-refractivity contribution >= 4 is 22.8 Å². The Kier molecular flexibility index (Phi) is 12.4. The maximum atomic E-state index is 4.64. The number of anilines is 2.